The van der Waals surface area contributed by atoms with Crippen molar-refractivity contribution in [1.29, 1.82) is 0 Å². The van der Waals surface area contributed by atoms with Crippen LogP contribution in [-0.2, 0) is 0 Å². The molecule has 0 aromatic carbocycles. The van der Waals surface area contributed by atoms with Gasteiger partial charge in [0.05, 0.1) is 0 Å². The van der Waals surface area contributed by atoms with E-state index in [9.17, 15) is 4.79 Å². The van der Waals surface area contributed by atoms with Crippen LogP contribution in [0, 0.1) is 23.7 Å². The Hall–Kier alpha value is -1.65. The maximum atomic E-state index is 12.3. The van der Waals surface area contributed by atoms with Gasteiger partial charge in [-0.05, 0) is 61.5 Å². The van der Waals surface area contributed by atoms with Gasteiger partial charge in [-0.15, -0.1) is 10.2 Å². The molecule has 112 valence electrons. The Morgan fingerprint density at radius 3 is 2.62 bits per heavy atom. The largest absolute Gasteiger partial charge is 0.369 e. The highest BCUT2D eigenvalue weighted by molar-refractivity contribution is 5.92. The van der Waals surface area contributed by atoms with Gasteiger partial charge in [0, 0.05) is 12.6 Å². The molecule has 21 heavy (non-hydrogen) atoms. The molecule has 0 aliphatic heterocycles. The molecule has 4 atom stereocenters. The van der Waals surface area contributed by atoms with Gasteiger partial charge < -0.3 is 10.6 Å². The molecule has 3 aliphatic carbocycles. The number of nitrogens with one attached hydrogen (secondary N) is 2. The fourth-order valence-electron chi connectivity index (χ4n) is 4.54. The lowest BCUT2D eigenvalue weighted by molar-refractivity contribution is 0.0938. The minimum Gasteiger partial charge on any atom is -0.369 e. The number of fused-ring (bicyclic) bond motifs is 5. The van der Waals surface area contributed by atoms with Crippen LogP contribution in [0.1, 0.15) is 43.1 Å². The molecule has 3 fully saturated rings. The summed E-state index contributed by atoms with van der Waals surface area (Å²) in [5.41, 5.74) is 0.425. The zero-order valence-electron chi connectivity index (χ0n) is 12.4. The van der Waals surface area contributed by atoms with Crippen molar-refractivity contribution in [1.82, 2.24) is 15.5 Å². The molecule has 5 heteroatoms. The molecular weight excluding hydrogens is 264 g/mol. The summed E-state index contributed by atoms with van der Waals surface area (Å²) in [6.45, 7) is 2.97. The third-order valence-corrected chi connectivity index (χ3v) is 5.49. The molecule has 0 radical (unpaired) electrons. The van der Waals surface area contributed by atoms with E-state index in [4.69, 9.17) is 0 Å². The molecule has 5 nitrogen and oxygen atoms in total. The average molecular weight is 286 g/mol. The molecule has 0 spiro atoms. The van der Waals surface area contributed by atoms with Gasteiger partial charge >= 0.3 is 0 Å². The number of amides is 1. The van der Waals surface area contributed by atoms with Crippen molar-refractivity contribution in [2.75, 3.05) is 11.9 Å². The first-order chi connectivity index (χ1) is 10.3. The van der Waals surface area contributed by atoms with Crippen molar-refractivity contribution >= 4 is 11.7 Å². The molecule has 4 unspecified atom stereocenters. The highest BCUT2D eigenvalue weighted by atomic mass is 16.2. The molecule has 3 aliphatic rings. The van der Waals surface area contributed by atoms with Crippen LogP contribution in [0.4, 0.5) is 5.82 Å². The van der Waals surface area contributed by atoms with Gasteiger partial charge in [0.2, 0.25) is 0 Å². The van der Waals surface area contributed by atoms with Crippen LogP contribution in [-0.4, -0.2) is 28.7 Å². The number of hydrogen-bond donors (Lipinski definition) is 2. The first-order valence-corrected chi connectivity index (χ1v) is 8.16. The van der Waals surface area contributed by atoms with Crippen LogP contribution in [0.3, 0.4) is 0 Å². The summed E-state index contributed by atoms with van der Waals surface area (Å²) >= 11 is 0. The maximum absolute atomic E-state index is 12.3. The Labute approximate surface area is 124 Å². The molecule has 4 rings (SSSR count). The highest BCUT2D eigenvalue weighted by Gasteiger charge is 2.65. The number of aromatic nitrogens is 2. The van der Waals surface area contributed by atoms with E-state index in [1.807, 2.05) is 6.07 Å². The number of carbonyl (C=O) groups is 1. The van der Waals surface area contributed by atoms with Gasteiger partial charge in [-0.1, -0.05) is 6.92 Å². The third-order valence-electron chi connectivity index (χ3n) is 5.49. The van der Waals surface area contributed by atoms with E-state index in [-0.39, 0.29) is 5.91 Å². The Bertz CT molecular complexity index is 528. The maximum Gasteiger partial charge on any atom is 0.272 e. The molecule has 2 N–H and O–H groups in total. The van der Waals surface area contributed by atoms with Gasteiger partial charge in [-0.2, -0.15) is 0 Å². The van der Waals surface area contributed by atoms with Crippen LogP contribution in [0.5, 0.6) is 0 Å². The summed E-state index contributed by atoms with van der Waals surface area (Å²) in [6.07, 6.45) is 5.18. The van der Waals surface area contributed by atoms with Gasteiger partial charge in [0.1, 0.15) is 5.82 Å². The van der Waals surface area contributed by atoms with Crippen molar-refractivity contribution in [3.63, 3.8) is 0 Å². The topological polar surface area (TPSA) is 66.9 Å². The normalized spacial score (nSPS) is 35.4. The van der Waals surface area contributed by atoms with Crippen molar-refractivity contribution in [3.8, 4) is 0 Å². The second-order valence-corrected chi connectivity index (χ2v) is 6.72. The number of nitrogens with zero attached hydrogens (tertiary/aromatic N) is 2. The summed E-state index contributed by atoms with van der Waals surface area (Å²) in [6, 6.07) is 3.99. The Kier molecular flexibility index (Phi) is 3.08. The van der Waals surface area contributed by atoms with Crippen LogP contribution in [0.2, 0.25) is 0 Å². The molecule has 1 aromatic heterocycles. The minimum atomic E-state index is -0.0664. The monoisotopic (exact) mass is 286 g/mol. The van der Waals surface area contributed by atoms with E-state index in [0.29, 0.717) is 11.7 Å². The fourth-order valence-corrected chi connectivity index (χ4v) is 4.54. The smallest absolute Gasteiger partial charge is 0.272 e. The van der Waals surface area contributed by atoms with E-state index < -0.39 is 0 Å². The Balaban J connectivity index is 1.35. The number of carbonyl (C=O) groups excluding carboxylic acids is 1. The summed E-state index contributed by atoms with van der Waals surface area (Å²) < 4.78 is 0. The van der Waals surface area contributed by atoms with Crippen molar-refractivity contribution in [2.24, 2.45) is 23.7 Å². The zero-order chi connectivity index (χ0) is 14.4. The van der Waals surface area contributed by atoms with Gasteiger partial charge in [-0.25, -0.2) is 0 Å². The minimum absolute atomic E-state index is 0.0664. The second kappa shape index (κ2) is 4.97. The molecule has 1 amide bonds. The Morgan fingerprint density at radius 1 is 1.24 bits per heavy atom. The molecule has 1 aromatic rings. The van der Waals surface area contributed by atoms with Crippen molar-refractivity contribution in [2.45, 2.75) is 38.6 Å². The predicted molar refractivity (Wildman–Crippen MR) is 79.9 cm³/mol. The molecule has 0 saturated heterocycles. The summed E-state index contributed by atoms with van der Waals surface area (Å²) in [7, 11) is 0. The molecular formula is C16H22N4O. The lowest BCUT2D eigenvalue weighted by Crippen LogP contribution is -2.30. The summed E-state index contributed by atoms with van der Waals surface area (Å²) in [4.78, 5) is 12.3. The first-order valence-electron chi connectivity index (χ1n) is 8.16. The zero-order valence-corrected chi connectivity index (χ0v) is 12.4. The van der Waals surface area contributed by atoms with Crippen molar-refractivity contribution < 1.29 is 4.79 Å². The van der Waals surface area contributed by atoms with Gasteiger partial charge in [-0.3, -0.25) is 4.79 Å². The standard InChI is InChI=1S/C16H22N4O/c1-2-7-17-12-6-5-11(19-20-12)16(21)18-15-13-9-3-4-10(8-9)14(13)15/h5-6,9-10,13-15H,2-4,7-8H2,1H3,(H,17,20)(H,18,21). The quantitative estimate of drug-likeness (QED) is 0.869. The van der Waals surface area contributed by atoms with Crippen LogP contribution < -0.4 is 10.6 Å². The van der Waals surface area contributed by atoms with Crippen LogP contribution >= 0.6 is 0 Å². The lowest BCUT2D eigenvalue weighted by atomic mass is 10.0. The van der Waals surface area contributed by atoms with E-state index in [1.165, 1.54) is 19.3 Å². The average Bonchev–Trinajstić information content (AvgIpc) is 2.90. The SMILES string of the molecule is CCCNc1ccc(C(=O)NC2C3C4CCC(C4)C23)nn1. The highest BCUT2D eigenvalue weighted by Crippen LogP contribution is 2.65. The van der Waals surface area contributed by atoms with Crippen LogP contribution in [0.25, 0.3) is 0 Å². The Morgan fingerprint density at radius 2 is 2.00 bits per heavy atom. The predicted octanol–water partition coefficient (Wildman–Crippen LogP) is 2.07. The fraction of sp³-hybridized carbons (Fsp3) is 0.688. The van der Waals surface area contributed by atoms with Gasteiger partial charge in [0.25, 0.3) is 5.91 Å². The van der Waals surface area contributed by atoms with E-state index >= 15 is 0 Å². The molecule has 2 bridgehead atoms. The number of rotatable bonds is 5. The van der Waals surface area contributed by atoms with E-state index in [0.717, 1.165) is 42.5 Å². The summed E-state index contributed by atoms with van der Waals surface area (Å²) in [5.74, 6) is 3.92. The summed E-state index contributed by atoms with van der Waals surface area (Å²) in [5, 5.41) is 14.4. The van der Waals surface area contributed by atoms with E-state index in [2.05, 4.69) is 27.8 Å². The van der Waals surface area contributed by atoms with E-state index in [1.54, 1.807) is 6.07 Å². The molecule has 1 heterocycles. The van der Waals surface area contributed by atoms with Crippen molar-refractivity contribution in [3.05, 3.63) is 17.8 Å². The number of hydrogen-bond acceptors (Lipinski definition) is 4. The third kappa shape index (κ3) is 2.19. The lowest BCUT2D eigenvalue weighted by Gasteiger charge is -2.10. The second-order valence-electron chi connectivity index (χ2n) is 6.72. The first kappa shape index (κ1) is 13.0. The van der Waals surface area contributed by atoms with Gasteiger partial charge in [0.15, 0.2) is 5.69 Å². The number of anilines is 1. The molecule has 3 saturated carbocycles. The van der Waals surface area contributed by atoms with Crippen LogP contribution in [0.15, 0.2) is 12.1 Å².